The Labute approximate surface area is 222 Å². The molecule has 8 heteroatoms. The number of anilines is 1. The van der Waals surface area contributed by atoms with Gasteiger partial charge in [0.05, 0.1) is 19.5 Å². The Morgan fingerprint density at radius 3 is 2.24 bits per heavy atom. The monoisotopic (exact) mass is 516 g/mol. The van der Waals surface area contributed by atoms with Crippen LogP contribution in [-0.4, -0.2) is 40.1 Å². The van der Waals surface area contributed by atoms with Gasteiger partial charge in [0.15, 0.2) is 11.0 Å². The van der Waals surface area contributed by atoms with Gasteiger partial charge in [-0.05, 0) is 85.5 Å². The quantitative estimate of drug-likeness (QED) is 0.227. The fraction of sp³-hybridized carbons (Fsp3) is 0.276. The summed E-state index contributed by atoms with van der Waals surface area (Å²) in [5.74, 6) is 2.82. The molecule has 0 aliphatic carbocycles. The van der Waals surface area contributed by atoms with Crippen LogP contribution in [0.15, 0.2) is 78.0 Å². The minimum Gasteiger partial charge on any atom is -0.497 e. The van der Waals surface area contributed by atoms with Crippen molar-refractivity contribution in [3.63, 3.8) is 0 Å². The number of benzene rings is 3. The van der Waals surface area contributed by atoms with Crippen LogP contribution in [-0.2, 0) is 4.79 Å². The lowest BCUT2D eigenvalue weighted by molar-refractivity contribution is -0.113. The molecule has 37 heavy (non-hydrogen) atoms. The molecule has 0 spiro atoms. The van der Waals surface area contributed by atoms with Gasteiger partial charge in [0.25, 0.3) is 0 Å². The molecule has 0 fully saturated rings. The zero-order valence-electron chi connectivity index (χ0n) is 21.6. The van der Waals surface area contributed by atoms with Crippen LogP contribution in [0.1, 0.15) is 38.7 Å². The Bertz CT molecular complexity index is 1300. The number of ether oxygens (including phenoxy) is 2. The first kappa shape index (κ1) is 26.3. The van der Waals surface area contributed by atoms with Crippen molar-refractivity contribution in [1.29, 1.82) is 0 Å². The lowest BCUT2D eigenvalue weighted by Gasteiger charge is -2.12. The largest absolute Gasteiger partial charge is 0.497 e. The highest BCUT2D eigenvalue weighted by Gasteiger charge is 2.18. The average Bonchev–Trinajstić information content (AvgIpc) is 3.36. The number of carbonyl (C=O) groups is 1. The summed E-state index contributed by atoms with van der Waals surface area (Å²) in [6, 6.07) is 23.5. The summed E-state index contributed by atoms with van der Waals surface area (Å²) in [6.45, 7) is 6.92. The summed E-state index contributed by atoms with van der Waals surface area (Å²) in [5.41, 5.74) is 3.82. The van der Waals surface area contributed by atoms with Gasteiger partial charge in [-0.3, -0.25) is 9.36 Å². The second kappa shape index (κ2) is 12.5. The molecule has 1 aromatic heterocycles. The van der Waals surface area contributed by atoms with Crippen molar-refractivity contribution < 1.29 is 14.3 Å². The first-order chi connectivity index (χ1) is 18.0. The predicted octanol–water partition coefficient (Wildman–Crippen LogP) is 6.59. The van der Waals surface area contributed by atoms with Crippen molar-refractivity contribution in [1.82, 2.24) is 14.8 Å². The van der Waals surface area contributed by atoms with Crippen LogP contribution in [0, 0.1) is 0 Å². The van der Waals surface area contributed by atoms with Crippen LogP contribution in [0.3, 0.4) is 0 Å². The fourth-order valence-corrected chi connectivity index (χ4v) is 4.59. The average molecular weight is 517 g/mol. The van der Waals surface area contributed by atoms with Gasteiger partial charge >= 0.3 is 0 Å². The molecule has 1 unspecified atom stereocenters. The molecule has 1 heterocycles. The van der Waals surface area contributed by atoms with E-state index in [-0.39, 0.29) is 11.7 Å². The van der Waals surface area contributed by atoms with E-state index in [1.165, 1.54) is 17.3 Å². The van der Waals surface area contributed by atoms with Crippen LogP contribution in [0.5, 0.6) is 11.5 Å². The Balaban J connectivity index is 1.54. The fourth-order valence-electron chi connectivity index (χ4n) is 3.84. The van der Waals surface area contributed by atoms with Crippen LogP contribution in [0.25, 0.3) is 17.1 Å². The van der Waals surface area contributed by atoms with E-state index < -0.39 is 0 Å². The predicted molar refractivity (Wildman–Crippen MR) is 149 cm³/mol. The maximum absolute atomic E-state index is 12.8. The number of nitrogens with zero attached hydrogens (tertiary/aromatic N) is 3. The molecule has 192 valence electrons. The zero-order valence-corrected chi connectivity index (χ0v) is 22.4. The maximum atomic E-state index is 12.8. The van der Waals surface area contributed by atoms with Gasteiger partial charge in [0, 0.05) is 16.9 Å². The van der Waals surface area contributed by atoms with Crippen LogP contribution < -0.4 is 14.8 Å². The molecule has 1 N–H and O–H groups in total. The zero-order chi connectivity index (χ0) is 26.2. The number of thioether (sulfide) groups is 1. The highest BCUT2D eigenvalue weighted by molar-refractivity contribution is 7.99. The SMILES string of the molecule is CCOc1ccc(-n2c(SCC(=O)Nc3ccc(C(C)CC)cc3)nnc2-c2ccc(OC)cc2)cc1. The lowest BCUT2D eigenvalue weighted by Crippen LogP contribution is -2.14. The third-order valence-corrected chi connectivity index (χ3v) is 7.02. The third-order valence-electron chi connectivity index (χ3n) is 6.10. The molecule has 0 saturated heterocycles. The molecule has 0 aliphatic rings. The number of carbonyl (C=O) groups excluding carboxylic acids is 1. The normalized spacial score (nSPS) is 11.7. The molecule has 0 bridgehead atoms. The van der Waals surface area contributed by atoms with Gasteiger partial charge in [0.2, 0.25) is 5.91 Å². The molecule has 1 amide bonds. The smallest absolute Gasteiger partial charge is 0.234 e. The molecule has 7 nitrogen and oxygen atoms in total. The number of methoxy groups -OCH3 is 1. The summed E-state index contributed by atoms with van der Waals surface area (Å²) < 4.78 is 12.8. The molecular formula is C29H32N4O3S. The number of hydrogen-bond acceptors (Lipinski definition) is 6. The number of nitrogens with one attached hydrogen (secondary N) is 1. The Morgan fingerprint density at radius 2 is 1.62 bits per heavy atom. The van der Waals surface area contributed by atoms with Crippen molar-refractivity contribution in [2.75, 3.05) is 24.8 Å². The maximum Gasteiger partial charge on any atom is 0.234 e. The highest BCUT2D eigenvalue weighted by atomic mass is 32.2. The Kier molecular flexibility index (Phi) is 8.85. The lowest BCUT2D eigenvalue weighted by atomic mass is 9.99. The van der Waals surface area contributed by atoms with E-state index in [9.17, 15) is 4.79 Å². The topological polar surface area (TPSA) is 78.3 Å². The third kappa shape index (κ3) is 6.51. The molecule has 3 aromatic carbocycles. The summed E-state index contributed by atoms with van der Waals surface area (Å²) in [6.07, 6.45) is 1.08. The first-order valence-electron chi connectivity index (χ1n) is 12.4. The standard InChI is InChI=1S/C29H32N4O3S/c1-5-20(3)21-7-11-23(12-8-21)30-27(34)19-37-29-32-31-28(22-9-15-25(35-4)16-10-22)33(29)24-13-17-26(18-14-24)36-6-2/h7-18,20H,5-6,19H2,1-4H3,(H,30,34). The van der Waals surface area contributed by atoms with Crippen molar-refractivity contribution in [2.24, 2.45) is 0 Å². The van der Waals surface area contributed by atoms with E-state index in [1.807, 2.05) is 72.2 Å². The van der Waals surface area contributed by atoms with E-state index in [2.05, 4.69) is 41.5 Å². The van der Waals surface area contributed by atoms with Crippen LogP contribution >= 0.6 is 11.8 Å². The molecular weight excluding hydrogens is 484 g/mol. The molecule has 4 rings (SSSR count). The molecule has 0 radical (unpaired) electrons. The Hall–Kier alpha value is -3.78. The second-order valence-corrected chi connectivity index (χ2v) is 9.51. The second-order valence-electron chi connectivity index (χ2n) is 8.57. The number of amides is 1. The van der Waals surface area contributed by atoms with Gasteiger partial charge < -0.3 is 14.8 Å². The molecule has 4 aromatic rings. The van der Waals surface area contributed by atoms with E-state index in [0.29, 0.717) is 23.5 Å². The van der Waals surface area contributed by atoms with Gasteiger partial charge in [-0.2, -0.15) is 0 Å². The van der Waals surface area contributed by atoms with Crippen molar-refractivity contribution in [3.8, 4) is 28.6 Å². The van der Waals surface area contributed by atoms with Gasteiger partial charge in [0.1, 0.15) is 11.5 Å². The van der Waals surface area contributed by atoms with E-state index in [4.69, 9.17) is 9.47 Å². The Morgan fingerprint density at radius 1 is 0.946 bits per heavy atom. The van der Waals surface area contributed by atoms with Crippen molar-refractivity contribution >= 4 is 23.4 Å². The van der Waals surface area contributed by atoms with Crippen molar-refractivity contribution in [3.05, 3.63) is 78.4 Å². The summed E-state index contributed by atoms with van der Waals surface area (Å²) >= 11 is 1.34. The molecule has 1 atom stereocenters. The molecule has 0 aliphatic heterocycles. The van der Waals surface area contributed by atoms with Gasteiger partial charge in [-0.15, -0.1) is 10.2 Å². The van der Waals surface area contributed by atoms with Crippen LogP contribution in [0.4, 0.5) is 5.69 Å². The van der Waals surface area contributed by atoms with E-state index >= 15 is 0 Å². The minimum atomic E-state index is -0.103. The first-order valence-corrected chi connectivity index (χ1v) is 13.4. The summed E-state index contributed by atoms with van der Waals surface area (Å²) in [5, 5.41) is 12.5. The van der Waals surface area contributed by atoms with E-state index in [0.717, 1.165) is 34.9 Å². The van der Waals surface area contributed by atoms with Crippen LogP contribution in [0.2, 0.25) is 0 Å². The number of hydrogen-bond donors (Lipinski definition) is 1. The van der Waals surface area contributed by atoms with Crippen molar-refractivity contribution in [2.45, 2.75) is 38.3 Å². The number of rotatable bonds is 11. The minimum absolute atomic E-state index is 0.103. The van der Waals surface area contributed by atoms with Gasteiger partial charge in [-0.1, -0.05) is 37.7 Å². The summed E-state index contributed by atoms with van der Waals surface area (Å²) in [7, 11) is 1.64. The van der Waals surface area contributed by atoms with Gasteiger partial charge in [-0.25, -0.2) is 0 Å². The highest BCUT2D eigenvalue weighted by Crippen LogP contribution is 2.30. The van der Waals surface area contributed by atoms with E-state index in [1.54, 1.807) is 7.11 Å². The number of aromatic nitrogens is 3. The molecule has 0 saturated carbocycles. The summed E-state index contributed by atoms with van der Waals surface area (Å²) in [4.78, 5) is 12.8.